The van der Waals surface area contributed by atoms with Crippen molar-refractivity contribution in [2.45, 2.75) is 94.8 Å². The SMILES string of the molecule is C=CCO[C@@]12Oc3ccc(Oc4ccc(OC)c(C=O)c4)cc3[C@H]3[C@H](CCCCO)[C@@H](CCCCO)C=C(C(=NOC4CCCCO4)C[C@@H]1N(Cc1ccc(F)cc1)C(=O)OC)[C@H]32. The summed E-state index contributed by atoms with van der Waals surface area (Å²) in [6.45, 7) is 4.77. The molecule has 338 valence electrons. The minimum atomic E-state index is -1.55. The van der Waals surface area contributed by atoms with Crippen molar-refractivity contribution in [1.29, 1.82) is 0 Å². The van der Waals surface area contributed by atoms with E-state index in [-0.39, 0.29) is 50.5 Å². The standard InChI is InChI=1S/C49H59FN2O11/c1-4-24-60-49-44(52(48(56)58-3)30-32-14-16-35(50)17-15-32)29-41(51-63-45-13-7-10-25-59-45)39-27-33(11-5-8-22-53)38(12-6-9-23-54)46(47(39)49)40-28-37(19-21-43(40)62-49)61-36-18-20-42(57-2)34(26-36)31-55/h4,14-21,26-28,31,33,38,44-47,53-54H,1,5-13,22-25,29-30H2,2-3H3/t33-,38+,44-,45?,46+,47+,49+/m0/s1. The normalized spacial score (nSPS) is 25.4. The second kappa shape index (κ2) is 21.4. The van der Waals surface area contributed by atoms with Crippen molar-refractivity contribution in [3.8, 4) is 23.0 Å². The van der Waals surface area contributed by atoms with Crippen LogP contribution in [0.2, 0.25) is 0 Å². The van der Waals surface area contributed by atoms with E-state index in [4.69, 9.17) is 38.4 Å². The second-order valence-corrected chi connectivity index (χ2v) is 16.5. The van der Waals surface area contributed by atoms with E-state index in [2.05, 4.69) is 12.7 Å². The van der Waals surface area contributed by atoms with Crippen molar-refractivity contribution in [2.75, 3.05) is 40.6 Å². The molecular weight excluding hydrogens is 812 g/mol. The van der Waals surface area contributed by atoms with Gasteiger partial charge in [0.2, 0.25) is 12.1 Å². The van der Waals surface area contributed by atoms with Gasteiger partial charge in [-0.1, -0.05) is 42.3 Å². The van der Waals surface area contributed by atoms with Gasteiger partial charge in [-0.3, -0.25) is 9.69 Å². The van der Waals surface area contributed by atoms with Crippen LogP contribution in [-0.2, 0) is 25.6 Å². The molecule has 2 heterocycles. The summed E-state index contributed by atoms with van der Waals surface area (Å²) < 4.78 is 51.8. The lowest BCUT2D eigenvalue weighted by atomic mass is 9.55. The van der Waals surface area contributed by atoms with Crippen LogP contribution in [0.1, 0.15) is 91.6 Å². The Hall–Kier alpha value is -5.28. The average molecular weight is 871 g/mol. The molecule has 13 nitrogen and oxygen atoms in total. The number of hydrogen-bond donors (Lipinski definition) is 2. The van der Waals surface area contributed by atoms with Crippen LogP contribution in [-0.4, -0.2) is 92.0 Å². The predicted molar refractivity (Wildman–Crippen MR) is 232 cm³/mol. The fourth-order valence-corrected chi connectivity index (χ4v) is 9.84. The number of benzene rings is 3. The molecule has 2 N–H and O–H groups in total. The molecule has 0 spiro atoms. The summed E-state index contributed by atoms with van der Waals surface area (Å²) in [6.07, 6.45) is 10.4. The van der Waals surface area contributed by atoms with Crippen molar-refractivity contribution in [3.05, 3.63) is 107 Å². The van der Waals surface area contributed by atoms with E-state index in [0.29, 0.717) is 65.7 Å². The molecule has 2 aliphatic carbocycles. The highest BCUT2D eigenvalue weighted by Crippen LogP contribution is 2.62. The number of aliphatic hydroxyl groups excluding tert-OH is 2. The molecule has 7 atom stereocenters. The first-order chi connectivity index (χ1) is 30.8. The van der Waals surface area contributed by atoms with E-state index >= 15 is 0 Å². The maximum atomic E-state index is 14.2. The number of fused-ring (bicyclic) bond motifs is 2. The summed E-state index contributed by atoms with van der Waals surface area (Å²) in [5.41, 5.74) is 3.32. The molecule has 0 radical (unpaired) electrons. The number of carbonyl (C=O) groups is 2. The second-order valence-electron chi connectivity index (χ2n) is 16.5. The monoisotopic (exact) mass is 870 g/mol. The molecule has 3 aromatic rings. The Balaban J connectivity index is 1.44. The summed E-state index contributed by atoms with van der Waals surface area (Å²) in [5, 5.41) is 24.8. The molecular formula is C49H59FN2O11. The van der Waals surface area contributed by atoms with Gasteiger partial charge in [-0.2, -0.15) is 0 Å². The molecule has 1 saturated carbocycles. The molecule has 0 bridgehead atoms. The third kappa shape index (κ3) is 10.1. The average Bonchev–Trinajstić information content (AvgIpc) is 3.31. The molecule has 7 rings (SSSR count). The van der Waals surface area contributed by atoms with Crippen molar-refractivity contribution in [1.82, 2.24) is 4.90 Å². The Morgan fingerprint density at radius 1 is 1.00 bits per heavy atom. The highest BCUT2D eigenvalue weighted by Gasteiger charge is 2.65. The van der Waals surface area contributed by atoms with E-state index < -0.39 is 35.9 Å². The smallest absolute Gasteiger partial charge is 0.410 e. The van der Waals surface area contributed by atoms with Gasteiger partial charge in [-0.25, -0.2) is 9.18 Å². The third-order valence-corrected chi connectivity index (χ3v) is 12.7. The van der Waals surface area contributed by atoms with Crippen LogP contribution in [0.15, 0.2) is 90.1 Å². The summed E-state index contributed by atoms with van der Waals surface area (Å²) in [5.74, 6) is -1.01. The largest absolute Gasteiger partial charge is 0.496 e. The molecule has 14 heteroatoms. The van der Waals surface area contributed by atoms with Gasteiger partial charge in [-0.05, 0) is 110 Å². The van der Waals surface area contributed by atoms with Crippen LogP contribution in [0.3, 0.4) is 0 Å². The lowest BCUT2D eigenvalue weighted by Gasteiger charge is -2.59. The number of oxime groups is 1. The van der Waals surface area contributed by atoms with Crippen LogP contribution >= 0.6 is 0 Å². The zero-order valence-electron chi connectivity index (χ0n) is 36.1. The number of hydrogen-bond acceptors (Lipinski definition) is 12. The topological polar surface area (TPSA) is 155 Å². The van der Waals surface area contributed by atoms with E-state index in [0.717, 1.165) is 55.9 Å². The van der Waals surface area contributed by atoms with Gasteiger partial charge in [0.25, 0.3) is 0 Å². The van der Waals surface area contributed by atoms with Gasteiger partial charge in [0.15, 0.2) is 6.29 Å². The molecule has 1 unspecified atom stereocenters. The first-order valence-electron chi connectivity index (χ1n) is 22.0. The Kier molecular flexibility index (Phi) is 15.5. The number of nitrogens with zero attached hydrogens (tertiary/aromatic N) is 2. The number of halogens is 1. The molecule has 0 aromatic heterocycles. The van der Waals surface area contributed by atoms with E-state index in [9.17, 15) is 24.2 Å². The van der Waals surface area contributed by atoms with E-state index in [1.807, 2.05) is 12.1 Å². The maximum Gasteiger partial charge on any atom is 0.410 e. The number of aliphatic hydroxyl groups is 2. The number of aldehydes is 1. The molecule has 2 aliphatic heterocycles. The van der Waals surface area contributed by atoms with E-state index in [1.54, 1.807) is 47.4 Å². The van der Waals surface area contributed by atoms with Gasteiger partial charge in [0.1, 0.15) is 34.9 Å². The van der Waals surface area contributed by atoms with Gasteiger partial charge in [0.05, 0.1) is 44.6 Å². The van der Waals surface area contributed by atoms with Gasteiger partial charge in [0, 0.05) is 44.1 Å². The van der Waals surface area contributed by atoms with Crippen molar-refractivity contribution in [2.24, 2.45) is 22.9 Å². The molecule has 3 aromatic carbocycles. The third-order valence-electron chi connectivity index (χ3n) is 12.7. The van der Waals surface area contributed by atoms with Gasteiger partial charge < -0.3 is 43.5 Å². The minimum Gasteiger partial charge on any atom is -0.496 e. The number of ether oxygens (including phenoxy) is 6. The lowest BCUT2D eigenvalue weighted by Crippen LogP contribution is -2.70. The first-order valence-corrected chi connectivity index (χ1v) is 22.0. The van der Waals surface area contributed by atoms with Gasteiger partial charge >= 0.3 is 6.09 Å². The fraction of sp³-hybridized carbons (Fsp3) is 0.490. The highest BCUT2D eigenvalue weighted by atomic mass is 19.1. The Bertz CT molecular complexity index is 2100. The van der Waals surface area contributed by atoms with Gasteiger partial charge in [-0.15, -0.1) is 6.58 Å². The Labute approximate surface area is 368 Å². The number of rotatable bonds is 20. The molecule has 63 heavy (non-hydrogen) atoms. The van der Waals surface area contributed by atoms with Crippen LogP contribution < -0.4 is 14.2 Å². The van der Waals surface area contributed by atoms with Crippen molar-refractivity contribution in [3.63, 3.8) is 0 Å². The molecule has 4 aliphatic rings. The van der Waals surface area contributed by atoms with E-state index in [1.165, 1.54) is 26.4 Å². The lowest BCUT2D eigenvalue weighted by molar-refractivity contribution is -0.256. The summed E-state index contributed by atoms with van der Waals surface area (Å²) in [6, 6.07) is 15.7. The van der Waals surface area contributed by atoms with Crippen LogP contribution in [0, 0.1) is 23.6 Å². The van der Waals surface area contributed by atoms with Crippen LogP contribution in [0.5, 0.6) is 23.0 Å². The fourth-order valence-electron chi connectivity index (χ4n) is 9.84. The molecule has 1 saturated heterocycles. The molecule has 1 amide bonds. The number of methoxy groups -OCH3 is 2. The summed E-state index contributed by atoms with van der Waals surface area (Å²) in [4.78, 5) is 34.0. The molecule has 2 fully saturated rings. The Morgan fingerprint density at radius 2 is 1.76 bits per heavy atom. The number of unbranched alkanes of at least 4 members (excludes halogenated alkanes) is 2. The number of carbonyl (C=O) groups excluding carboxylic acids is 2. The van der Waals surface area contributed by atoms with Crippen LogP contribution in [0.25, 0.3) is 0 Å². The zero-order chi connectivity index (χ0) is 44.3. The maximum absolute atomic E-state index is 14.2. The highest BCUT2D eigenvalue weighted by molar-refractivity contribution is 6.03. The Morgan fingerprint density at radius 3 is 2.46 bits per heavy atom. The first kappa shape index (κ1) is 45.7. The quantitative estimate of drug-likeness (QED) is 0.0484. The van der Waals surface area contributed by atoms with Crippen molar-refractivity contribution >= 4 is 18.1 Å². The zero-order valence-corrected chi connectivity index (χ0v) is 36.1. The summed E-state index contributed by atoms with van der Waals surface area (Å²) in [7, 11) is 2.82. The van der Waals surface area contributed by atoms with Crippen LogP contribution in [0.4, 0.5) is 9.18 Å². The van der Waals surface area contributed by atoms with Crippen molar-refractivity contribution < 1.29 is 57.5 Å². The minimum absolute atomic E-state index is 0.000495. The predicted octanol–water partition coefficient (Wildman–Crippen LogP) is 8.87. The summed E-state index contributed by atoms with van der Waals surface area (Å²) >= 11 is 0. The number of allylic oxidation sites excluding steroid dienone is 1. The number of amides is 1.